The summed E-state index contributed by atoms with van der Waals surface area (Å²) in [6.07, 6.45) is 1.96. The Morgan fingerprint density at radius 3 is 2.73 bits per heavy atom. The maximum atomic E-state index is 11.6. The van der Waals surface area contributed by atoms with E-state index in [9.17, 15) is 4.79 Å². The van der Waals surface area contributed by atoms with Gasteiger partial charge in [0.15, 0.2) is 0 Å². The van der Waals surface area contributed by atoms with Crippen molar-refractivity contribution in [2.75, 3.05) is 20.0 Å². The zero-order valence-electron chi connectivity index (χ0n) is 9.07. The van der Waals surface area contributed by atoms with Gasteiger partial charge in [0.1, 0.15) is 11.3 Å². The molecule has 0 unspecified atom stereocenters. The van der Waals surface area contributed by atoms with E-state index in [0.717, 1.165) is 4.90 Å². The largest absolute Gasteiger partial charge is 0.496 e. The highest BCUT2D eigenvalue weighted by molar-refractivity contribution is 7.98. The summed E-state index contributed by atoms with van der Waals surface area (Å²) >= 11 is 1.57. The number of esters is 1. The molecule has 0 aliphatic carbocycles. The first-order valence-electron chi connectivity index (χ1n) is 4.62. The van der Waals surface area contributed by atoms with E-state index in [0.29, 0.717) is 17.9 Å². The van der Waals surface area contributed by atoms with Crippen LogP contribution in [0.4, 0.5) is 0 Å². The van der Waals surface area contributed by atoms with E-state index >= 15 is 0 Å². The molecule has 0 amide bonds. The molecule has 0 spiro atoms. The maximum absolute atomic E-state index is 11.6. The Bertz CT molecular complexity index is 350. The van der Waals surface area contributed by atoms with Gasteiger partial charge in [-0.05, 0) is 31.4 Å². The van der Waals surface area contributed by atoms with Crippen LogP contribution < -0.4 is 4.74 Å². The molecule has 0 aliphatic heterocycles. The molecule has 15 heavy (non-hydrogen) atoms. The van der Waals surface area contributed by atoms with Gasteiger partial charge in [-0.2, -0.15) is 0 Å². The first kappa shape index (κ1) is 11.9. The van der Waals surface area contributed by atoms with Gasteiger partial charge in [0.25, 0.3) is 0 Å². The van der Waals surface area contributed by atoms with E-state index in [-0.39, 0.29) is 5.97 Å². The summed E-state index contributed by atoms with van der Waals surface area (Å²) < 4.78 is 10.0. The van der Waals surface area contributed by atoms with Crippen molar-refractivity contribution in [1.82, 2.24) is 0 Å². The average Bonchev–Trinajstić information content (AvgIpc) is 2.28. The number of hydrogen-bond acceptors (Lipinski definition) is 4. The van der Waals surface area contributed by atoms with Crippen LogP contribution in [0.2, 0.25) is 0 Å². The molecule has 1 aromatic carbocycles. The topological polar surface area (TPSA) is 35.5 Å². The van der Waals surface area contributed by atoms with Crippen molar-refractivity contribution in [2.45, 2.75) is 11.8 Å². The predicted molar refractivity (Wildman–Crippen MR) is 60.7 cm³/mol. The highest BCUT2D eigenvalue weighted by Crippen LogP contribution is 2.25. The molecule has 0 atom stereocenters. The molecule has 82 valence electrons. The van der Waals surface area contributed by atoms with Crippen LogP contribution in [0.5, 0.6) is 5.75 Å². The van der Waals surface area contributed by atoms with E-state index in [1.54, 1.807) is 30.8 Å². The van der Waals surface area contributed by atoms with Crippen LogP contribution in [0.1, 0.15) is 17.3 Å². The molecule has 4 heteroatoms. The molecule has 1 rings (SSSR count). The fourth-order valence-electron chi connectivity index (χ4n) is 1.18. The van der Waals surface area contributed by atoms with Gasteiger partial charge in [-0.15, -0.1) is 11.8 Å². The van der Waals surface area contributed by atoms with Crippen LogP contribution in [-0.2, 0) is 4.74 Å². The van der Waals surface area contributed by atoms with Gasteiger partial charge in [-0.3, -0.25) is 0 Å². The third kappa shape index (κ3) is 2.89. The lowest BCUT2D eigenvalue weighted by Gasteiger charge is -2.08. The predicted octanol–water partition coefficient (Wildman–Crippen LogP) is 2.59. The van der Waals surface area contributed by atoms with E-state index in [2.05, 4.69) is 0 Å². The number of ether oxygens (including phenoxy) is 2. The normalized spacial score (nSPS) is 9.80. The first-order valence-corrected chi connectivity index (χ1v) is 5.84. The molecule has 3 nitrogen and oxygen atoms in total. The van der Waals surface area contributed by atoms with Crippen LogP contribution in [-0.4, -0.2) is 25.9 Å². The van der Waals surface area contributed by atoms with Crippen molar-refractivity contribution in [3.63, 3.8) is 0 Å². The maximum Gasteiger partial charge on any atom is 0.341 e. The van der Waals surface area contributed by atoms with Crippen molar-refractivity contribution in [3.8, 4) is 5.75 Å². The Morgan fingerprint density at radius 1 is 1.47 bits per heavy atom. The molecule has 0 N–H and O–H groups in total. The monoisotopic (exact) mass is 226 g/mol. The van der Waals surface area contributed by atoms with Gasteiger partial charge in [0, 0.05) is 4.90 Å². The lowest BCUT2D eigenvalue weighted by atomic mass is 10.2. The first-order chi connectivity index (χ1) is 7.22. The quantitative estimate of drug-likeness (QED) is 0.584. The standard InChI is InChI=1S/C11H14O3S/c1-4-14-11(12)9-7-8(15-3)5-6-10(9)13-2/h5-7H,4H2,1-3H3. The van der Waals surface area contributed by atoms with Crippen LogP contribution in [0, 0.1) is 0 Å². The van der Waals surface area contributed by atoms with Crippen molar-refractivity contribution < 1.29 is 14.3 Å². The van der Waals surface area contributed by atoms with Crippen molar-refractivity contribution in [1.29, 1.82) is 0 Å². The fourth-order valence-corrected chi connectivity index (χ4v) is 1.62. The fraction of sp³-hybridized carbons (Fsp3) is 0.364. The number of benzene rings is 1. The van der Waals surface area contributed by atoms with Crippen molar-refractivity contribution in [2.24, 2.45) is 0 Å². The molecular formula is C11H14O3S. The summed E-state index contributed by atoms with van der Waals surface area (Å²) in [5.74, 6) is 0.205. The third-order valence-electron chi connectivity index (χ3n) is 1.90. The Balaban J connectivity index is 3.05. The lowest BCUT2D eigenvalue weighted by molar-refractivity contribution is 0.0522. The van der Waals surface area contributed by atoms with Gasteiger partial charge < -0.3 is 9.47 Å². The summed E-state index contributed by atoms with van der Waals surface area (Å²) in [5, 5.41) is 0. The molecule has 0 heterocycles. The summed E-state index contributed by atoms with van der Waals surface area (Å²) in [6.45, 7) is 2.15. The van der Waals surface area contributed by atoms with Crippen LogP contribution >= 0.6 is 11.8 Å². The Morgan fingerprint density at radius 2 is 2.20 bits per heavy atom. The highest BCUT2D eigenvalue weighted by atomic mass is 32.2. The van der Waals surface area contributed by atoms with Gasteiger partial charge in [0.2, 0.25) is 0 Å². The summed E-state index contributed by atoms with van der Waals surface area (Å²) in [5.41, 5.74) is 0.478. The second-order valence-corrected chi connectivity index (χ2v) is 3.67. The molecule has 0 aromatic heterocycles. The highest BCUT2D eigenvalue weighted by Gasteiger charge is 2.13. The van der Waals surface area contributed by atoms with Gasteiger partial charge >= 0.3 is 5.97 Å². The molecular weight excluding hydrogens is 212 g/mol. The Labute approximate surface area is 93.8 Å². The second kappa shape index (κ2) is 5.66. The van der Waals surface area contributed by atoms with Crippen LogP contribution in [0.3, 0.4) is 0 Å². The minimum absolute atomic E-state index is 0.342. The van der Waals surface area contributed by atoms with Crippen molar-refractivity contribution in [3.05, 3.63) is 23.8 Å². The number of hydrogen-bond donors (Lipinski definition) is 0. The molecule has 0 fully saturated rings. The van der Waals surface area contributed by atoms with E-state index < -0.39 is 0 Å². The molecule has 0 aliphatic rings. The third-order valence-corrected chi connectivity index (χ3v) is 2.63. The van der Waals surface area contributed by atoms with Gasteiger partial charge in [0.05, 0.1) is 13.7 Å². The number of carbonyl (C=O) groups excluding carboxylic acids is 1. The minimum atomic E-state index is -0.342. The number of rotatable bonds is 4. The smallest absolute Gasteiger partial charge is 0.341 e. The van der Waals surface area contributed by atoms with E-state index in [4.69, 9.17) is 9.47 Å². The lowest BCUT2D eigenvalue weighted by Crippen LogP contribution is -2.06. The summed E-state index contributed by atoms with van der Waals surface area (Å²) in [6, 6.07) is 5.46. The summed E-state index contributed by atoms with van der Waals surface area (Å²) in [7, 11) is 1.54. The molecule has 0 bridgehead atoms. The Hall–Kier alpha value is -1.16. The summed E-state index contributed by atoms with van der Waals surface area (Å²) in [4.78, 5) is 12.6. The van der Waals surface area contributed by atoms with Gasteiger partial charge in [-0.1, -0.05) is 0 Å². The molecule has 0 saturated heterocycles. The molecule has 0 saturated carbocycles. The van der Waals surface area contributed by atoms with Gasteiger partial charge in [-0.25, -0.2) is 4.79 Å². The molecule has 0 radical (unpaired) electrons. The molecule has 1 aromatic rings. The number of carbonyl (C=O) groups is 1. The van der Waals surface area contributed by atoms with Crippen molar-refractivity contribution >= 4 is 17.7 Å². The number of thioether (sulfide) groups is 1. The number of methoxy groups -OCH3 is 1. The zero-order chi connectivity index (χ0) is 11.3. The second-order valence-electron chi connectivity index (χ2n) is 2.79. The average molecular weight is 226 g/mol. The minimum Gasteiger partial charge on any atom is -0.496 e. The van der Waals surface area contributed by atoms with Crippen LogP contribution in [0.15, 0.2) is 23.1 Å². The Kier molecular flexibility index (Phi) is 4.49. The van der Waals surface area contributed by atoms with Crippen LogP contribution in [0.25, 0.3) is 0 Å². The van der Waals surface area contributed by atoms with E-state index in [1.807, 2.05) is 12.3 Å². The SMILES string of the molecule is CCOC(=O)c1cc(SC)ccc1OC. The zero-order valence-corrected chi connectivity index (χ0v) is 9.89. The van der Waals surface area contributed by atoms with E-state index in [1.165, 1.54) is 7.11 Å².